The maximum absolute atomic E-state index is 11.2. The minimum absolute atomic E-state index is 0.242. The fraction of sp³-hybridized carbons (Fsp3) is 0.889. The van der Waals surface area contributed by atoms with Crippen LogP contribution in [0, 0.1) is 0 Å². The summed E-state index contributed by atoms with van der Waals surface area (Å²) in [6, 6.07) is 0. The molecule has 2 rings (SSSR count). The lowest BCUT2D eigenvalue weighted by Gasteiger charge is -2.47. The third-order valence-electron chi connectivity index (χ3n) is 3.14. The standard InChI is InChI=1S/C9H17N3O2/c10-14-9(13)12-7-4-8(12)11-5-2-1-3-6-11/h8H,1-7,10H2. The molecule has 2 aliphatic heterocycles. The van der Waals surface area contributed by atoms with Gasteiger partial charge in [-0.05, 0) is 19.3 Å². The first-order valence-corrected chi connectivity index (χ1v) is 5.24. The number of hydrogen-bond acceptors (Lipinski definition) is 4. The fourth-order valence-corrected chi connectivity index (χ4v) is 2.25. The number of nitrogens with two attached hydrogens (primary N) is 1. The Kier molecular flexibility index (Phi) is 2.88. The van der Waals surface area contributed by atoms with E-state index in [9.17, 15) is 4.79 Å². The molecule has 14 heavy (non-hydrogen) atoms. The van der Waals surface area contributed by atoms with E-state index in [-0.39, 0.29) is 6.17 Å². The molecule has 0 bridgehead atoms. The van der Waals surface area contributed by atoms with E-state index >= 15 is 0 Å². The molecule has 5 nitrogen and oxygen atoms in total. The molecule has 1 unspecified atom stereocenters. The summed E-state index contributed by atoms with van der Waals surface area (Å²) < 4.78 is 0. The molecular weight excluding hydrogens is 182 g/mol. The van der Waals surface area contributed by atoms with Gasteiger partial charge in [-0.25, -0.2) is 4.79 Å². The van der Waals surface area contributed by atoms with Crippen molar-refractivity contribution in [3.8, 4) is 0 Å². The molecule has 0 aromatic carbocycles. The lowest BCUT2D eigenvalue weighted by Crippen LogP contribution is -2.61. The maximum Gasteiger partial charge on any atom is 0.429 e. The van der Waals surface area contributed by atoms with Crippen LogP contribution >= 0.6 is 0 Å². The Morgan fingerprint density at radius 2 is 1.93 bits per heavy atom. The van der Waals surface area contributed by atoms with E-state index < -0.39 is 6.09 Å². The molecule has 1 atom stereocenters. The predicted octanol–water partition coefficient (Wildman–Crippen LogP) is 0.514. The Morgan fingerprint density at radius 1 is 1.21 bits per heavy atom. The number of carbonyl (C=O) groups excluding carboxylic acids is 1. The molecule has 2 N–H and O–H groups in total. The van der Waals surface area contributed by atoms with Crippen LogP contribution in [0.5, 0.6) is 0 Å². The molecule has 2 aliphatic rings. The molecule has 1 amide bonds. The predicted molar refractivity (Wildman–Crippen MR) is 51.2 cm³/mol. The van der Waals surface area contributed by atoms with Crippen LogP contribution in [-0.4, -0.2) is 41.7 Å². The van der Waals surface area contributed by atoms with Gasteiger partial charge in [-0.1, -0.05) is 6.42 Å². The maximum atomic E-state index is 11.2. The van der Waals surface area contributed by atoms with Gasteiger partial charge in [-0.15, -0.1) is 0 Å². The number of rotatable bonds is 1. The number of nitrogens with zero attached hydrogens (tertiary/aromatic N) is 2. The SMILES string of the molecule is NOC(=O)N1CCC1N1CCCCC1. The molecular formula is C9H17N3O2. The van der Waals surface area contributed by atoms with Crippen molar-refractivity contribution in [3.63, 3.8) is 0 Å². The normalized spacial score (nSPS) is 28.4. The van der Waals surface area contributed by atoms with Gasteiger partial charge in [-0.2, -0.15) is 5.90 Å². The molecule has 2 heterocycles. The number of piperidine rings is 1. The molecule has 80 valence electrons. The highest BCUT2D eigenvalue weighted by molar-refractivity contribution is 5.68. The summed E-state index contributed by atoms with van der Waals surface area (Å²) >= 11 is 0. The average molecular weight is 199 g/mol. The van der Waals surface area contributed by atoms with Crippen LogP contribution in [0.1, 0.15) is 25.7 Å². The number of carbonyl (C=O) groups is 1. The van der Waals surface area contributed by atoms with Crippen molar-refractivity contribution >= 4 is 6.09 Å². The Morgan fingerprint density at radius 3 is 2.43 bits per heavy atom. The van der Waals surface area contributed by atoms with Crippen molar-refractivity contribution in [3.05, 3.63) is 0 Å². The van der Waals surface area contributed by atoms with Gasteiger partial charge in [0.15, 0.2) is 0 Å². The first kappa shape index (κ1) is 9.73. The van der Waals surface area contributed by atoms with Crippen LogP contribution in [0.4, 0.5) is 4.79 Å². The van der Waals surface area contributed by atoms with E-state index in [0.29, 0.717) is 0 Å². The van der Waals surface area contributed by atoms with Crippen LogP contribution in [-0.2, 0) is 4.84 Å². The Balaban J connectivity index is 1.88. The van der Waals surface area contributed by atoms with Crippen molar-refractivity contribution in [2.45, 2.75) is 31.8 Å². The van der Waals surface area contributed by atoms with E-state index in [0.717, 1.165) is 26.1 Å². The second-order valence-electron chi connectivity index (χ2n) is 3.94. The third kappa shape index (κ3) is 1.69. The van der Waals surface area contributed by atoms with E-state index in [1.807, 2.05) is 0 Å². The average Bonchev–Trinajstić information content (AvgIpc) is 2.17. The van der Waals surface area contributed by atoms with Gasteiger partial charge < -0.3 is 4.84 Å². The number of amides is 1. The quantitative estimate of drug-likeness (QED) is 0.625. The van der Waals surface area contributed by atoms with Crippen molar-refractivity contribution in [2.24, 2.45) is 5.90 Å². The summed E-state index contributed by atoms with van der Waals surface area (Å²) in [5.74, 6) is 4.86. The van der Waals surface area contributed by atoms with Crippen molar-refractivity contribution in [1.82, 2.24) is 9.80 Å². The van der Waals surface area contributed by atoms with E-state index in [4.69, 9.17) is 5.90 Å². The van der Waals surface area contributed by atoms with Gasteiger partial charge in [0.1, 0.15) is 0 Å². The summed E-state index contributed by atoms with van der Waals surface area (Å²) in [5.41, 5.74) is 0. The summed E-state index contributed by atoms with van der Waals surface area (Å²) in [4.78, 5) is 19.5. The molecule has 2 saturated heterocycles. The molecule has 0 spiro atoms. The van der Waals surface area contributed by atoms with Crippen LogP contribution in [0.3, 0.4) is 0 Å². The highest BCUT2D eigenvalue weighted by atomic mass is 16.7. The van der Waals surface area contributed by atoms with Crippen LogP contribution in [0.25, 0.3) is 0 Å². The Bertz CT molecular complexity index is 216. The first-order chi connectivity index (χ1) is 6.83. The smallest absolute Gasteiger partial charge is 0.357 e. The molecule has 0 aromatic rings. The van der Waals surface area contributed by atoms with Crippen LogP contribution < -0.4 is 5.90 Å². The van der Waals surface area contributed by atoms with Crippen LogP contribution in [0.2, 0.25) is 0 Å². The van der Waals surface area contributed by atoms with Gasteiger partial charge in [0.05, 0.1) is 6.17 Å². The van der Waals surface area contributed by atoms with Gasteiger partial charge >= 0.3 is 6.09 Å². The highest BCUT2D eigenvalue weighted by Gasteiger charge is 2.37. The lowest BCUT2D eigenvalue weighted by molar-refractivity contribution is -0.0379. The molecule has 5 heteroatoms. The molecule has 0 aromatic heterocycles. The van der Waals surface area contributed by atoms with E-state index in [1.54, 1.807) is 4.90 Å². The molecule has 2 fully saturated rings. The van der Waals surface area contributed by atoms with Crippen molar-refractivity contribution < 1.29 is 9.63 Å². The summed E-state index contributed by atoms with van der Waals surface area (Å²) in [6.45, 7) is 2.97. The zero-order valence-corrected chi connectivity index (χ0v) is 8.32. The van der Waals surface area contributed by atoms with E-state index in [1.165, 1.54) is 19.3 Å². The largest absolute Gasteiger partial charge is 0.429 e. The molecule has 0 saturated carbocycles. The zero-order valence-electron chi connectivity index (χ0n) is 8.32. The summed E-state index contributed by atoms with van der Waals surface area (Å²) in [5, 5.41) is 0. The molecule has 0 aliphatic carbocycles. The lowest BCUT2D eigenvalue weighted by atomic mass is 10.1. The monoisotopic (exact) mass is 199 g/mol. The number of likely N-dealkylation sites (tertiary alicyclic amines) is 2. The van der Waals surface area contributed by atoms with Gasteiger partial charge in [0.25, 0.3) is 0 Å². The second kappa shape index (κ2) is 4.14. The van der Waals surface area contributed by atoms with Gasteiger partial charge in [0, 0.05) is 19.6 Å². The fourth-order valence-electron chi connectivity index (χ4n) is 2.25. The third-order valence-corrected chi connectivity index (χ3v) is 3.14. The highest BCUT2D eigenvalue weighted by Crippen LogP contribution is 2.24. The minimum atomic E-state index is -0.396. The first-order valence-electron chi connectivity index (χ1n) is 5.24. The summed E-state index contributed by atoms with van der Waals surface area (Å²) in [7, 11) is 0. The molecule has 0 radical (unpaired) electrons. The minimum Gasteiger partial charge on any atom is -0.357 e. The van der Waals surface area contributed by atoms with Crippen LogP contribution in [0.15, 0.2) is 0 Å². The Labute approximate surface area is 83.7 Å². The van der Waals surface area contributed by atoms with E-state index in [2.05, 4.69) is 9.74 Å². The number of hydrogen-bond donors (Lipinski definition) is 1. The van der Waals surface area contributed by atoms with Gasteiger partial charge in [-0.3, -0.25) is 9.80 Å². The topological polar surface area (TPSA) is 58.8 Å². The van der Waals surface area contributed by atoms with Gasteiger partial charge in [0.2, 0.25) is 0 Å². The zero-order chi connectivity index (χ0) is 9.97. The van der Waals surface area contributed by atoms with Crippen molar-refractivity contribution in [1.29, 1.82) is 0 Å². The van der Waals surface area contributed by atoms with Crippen molar-refractivity contribution in [2.75, 3.05) is 19.6 Å². The summed E-state index contributed by atoms with van der Waals surface area (Å²) in [6.07, 6.45) is 4.68. The Hall–Kier alpha value is -0.810. The second-order valence-corrected chi connectivity index (χ2v) is 3.94.